The van der Waals surface area contributed by atoms with Gasteiger partial charge in [-0.15, -0.1) is 0 Å². The molecule has 0 aliphatic heterocycles. The molecule has 156 valence electrons. The third kappa shape index (κ3) is 6.43. The molecule has 31 heavy (non-hydrogen) atoms. The van der Waals surface area contributed by atoms with Crippen LogP contribution < -0.4 is 0 Å². The summed E-state index contributed by atoms with van der Waals surface area (Å²) in [6.07, 6.45) is 1.57. The van der Waals surface area contributed by atoms with Crippen molar-refractivity contribution in [1.82, 2.24) is 0 Å². The van der Waals surface area contributed by atoms with E-state index >= 15 is 0 Å². The molecule has 0 aliphatic carbocycles. The molecular formula is C26H22O3S2. The van der Waals surface area contributed by atoms with Crippen LogP contribution in [-0.2, 0) is 21.0 Å². The molecule has 0 atom stereocenters. The molecule has 5 heteroatoms. The summed E-state index contributed by atoms with van der Waals surface area (Å²) in [7, 11) is -4.33. The van der Waals surface area contributed by atoms with Crippen LogP contribution in [0.15, 0.2) is 141 Å². The van der Waals surface area contributed by atoms with Crippen molar-refractivity contribution in [2.75, 3.05) is 0 Å². The molecular weight excluding hydrogens is 424 g/mol. The first kappa shape index (κ1) is 22.6. The van der Waals surface area contributed by atoms with Crippen molar-refractivity contribution in [3.63, 3.8) is 0 Å². The lowest BCUT2D eigenvalue weighted by molar-refractivity contribution is 0.463. The minimum atomic E-state index is -4.31. The average Bonchev–Trinajstić information content (AvgIpc) is 2.81. The Bertz CT molecular complexity index is 1100. The van der Waals surface area contributed by atoms with Crippen LogP contribution in [0.4, 0.5) is 0 Å². The van der Waals surface area contributed by atoms with Crippen LogP contribution in [0.2, 0.25) is 0 Å². The molecule has 0 bridgehead atoms. The summed E-state index contributed by atoms with van der Waals surface area (Å²) in [6.45, 7) is 3.50. The number of rotatable bonds is 5. The summed E-state index contributed by atoms with van der Waals surface area (Å²) in [5, 5.41) is 0. The molecule has 4 aromatic rings. The molecule has 0 spiro atoms. The van der Waals surface area contributed by atoms with E-state index in [1.54, 1.807) is 6.08 Å². The summed E-state index contributed by atoms with van der Waals surface area (Å²) >= 11 is 0. The predicted octanol–water partition coefficient (Wildman–Crippen LogP) is 6.02. The van der Waals surface area contributed by atoms with E-state index in [1.807, 2.05) is 0 Å². The Morgan fingerprint density at radius 2 is 0.968 bits per heavy atom. The fourth-order valence-electron chi connectivity index (χ4n) is 2.85. The zero-order valence-corrected chi connectivity index (χ0v) is 18.4. The van der Waals surface area contributed by atoms with Crippen molar-refractivity contribution in [2.45, 2.75) is 19.6 Å². The molecule has 0 N–H and O–H groups in total. The summed E-state index contributed by atoms with van der Waals surface area (Å²) in [5.74, 6) is 0. The van der Waals surface area contributed by atoms with Crippen molar-refractivity contribution in [1.29, 1.82) is 0 Å². The molecule has 0 radical (unpaired) electrons. The van der Waals surface area contributed by atoms with Gasteiger partial charge in [0.2, 0.25) is 0 Å². The van der Waals surface area contributed by atoms with Gasteiger partial charge in [-0.1, -0.05) is 79.4 Å². The fourth-order valence-corrected chi connectivity index (χ4v) is 5.42. The lowest BCUT2D eigenvalue weighted by Crippen LogP contribution is -2.04. The van der Waals surface area contributed by atoms with E-state index < -0.39 is 10.1 Å². The highest BCUT2D eigenvalue weighted by Gasteiger charge is 2.27. The van der Waals surface area contributed by atoms with Crippen molar-refractivity contribution >= 4 is 27.1 Å². The Morgan fingerprint density at radius 3 is 1.26 bits per heavy atom. The first-order valence-corrected chi connectivity index (χ1v) is 12.2. The molecule has 3 nitrogen and oxygen atoms in total. The minimum Gasteiger partial charge on any atom is -0.744 e. The van der Waals surface area contributed by atoms with Crippen LogP contribution in [0.5, 0.6) is 0 Å². The summed E-state index contributed by atoms with van der Waals surface area (Å²) < 4.78 is 31.4. The quantitative estimate of drug-likeness (QED) is 0.278. The maximum absolute atomic E-state index is 10.5. The highest BCUT2D eigenvalue weighted by molar-refractivity contribution is 7.97. The van der Waals surface area contributed by atoms with E-state index in [2.05, 4.69) is 97.6 Å². The molecule has 0 saturated heterocycles. The Kier molecular flexibility index (Phi) is 7.84. The first-order chi connectivity index (χ1) is 15.0. The Hall–Kier alpha value is -3.12. The maximum Gasteiger partial charge on any atom is 0.166 e. The number of benzene rings is 4. The fraction of sp³-hybridized carbons (Fsp3) is 0. The van der Waals surface area contributed by atoms with Gasteiger partial charge in [0.15, 0.2) is 14.7 Å². The second kappa shape index (κ2) is 10.8. The highest BCUT2D eigenvalue weighted by Crippen LogP contribution is 2.30. The van der Waals surface area contributed by atoms with Crippen molar-refractivity contribution < 1.29 is 13.0 Å². The van der Waals surface area contributed by atoms with Gasteiger partial charge in [-0.05, 0) is 54.1 Å². The normalized spacial score (nSPS) is 10.8. The van der Waals surface area contributed by atoms with Gasteiger partial charge in [0.1, 0.15) is 10.1 Å². The zero-order valence-electron chi connectivity index (χ0n) is 16.8. The second-order valence-corrected chi connectivity index (χ2v) is 9.88. The first-order valence-electron chi connectivity index (χ1n) is 9.57. The van der Waals surface area contributed by atoms with Crippen molar-refractivity contribution in [3.8, 4) is 0 Å². The lowest BCUT2D eigenvalue weighted by Gasteiger charge is -2.07. The SMILES string of the molecule is C=Cc1ccc(S(=O)(=O)[O-])cc1.c1ccc([S+](c2ccccc2)c2ccccc2)cc1. The molecule has 0 amide bonds. The number of hydrogen-bond acceptors (Lipinski definition) is 3. The van der Waals surface area contributed by atoms with E-state index in [0.29, 0.717) is 0 Å². The number of hydrogen-bond donors (Lipinski definition) is 0. The van der Waals surface area contributed by atoms with E-state index in [1.165, 1.54) is 39.0 Å². The topological polar surface area (TPSA) is 57.2 Å². The molecule has 0 aliphatic rings. The average molecular weight is 447 g/mol. The van der Waals surface area contributed by atoms with E-state index in [9.17, 15) is 13.0 Å². The van der Waals surface area contributed by atoms with Gasteiger partial charge in [-0.25, -0.2) is 8.42 Å². The van der Waals surface area contributed by atoms with E-state index in [-0.39, 0.29) is 15.8 Å². The molecule has 4 rings (SSSR count). The van der Waals surface area contributed by atoms with Crippen LogP contribution in [0, 0.1) is 0 Å². The maximum atomic E-state index is 10.5. The van der Waals surface area contributed by atoms with E-state index in [0.717, 1.165) is 5.56 Å². The van der Waals surface area contributed by atoms with Crippen LogP contribution in [-0.4, -0.2) is 13.0 Å². The Morgan fingerprint density at radius 1 is 0.613 bits per heavy atom. The van der Waals surface area contributed by atoms with Gasteiger partial charge >= 0.3 is 0 Å². The summed E-state index contributed by atoms with van der Waals surface area (Å²) in [4.78, 5) is 3.87. The molecule has 4 aromatic carbocycles. The summed E-state index contributed by atoms with van der Waals surface area (Å²) in [5.41, 5.74) is 0.780. The van der Waals surface area contributed by atoms with Gasteiger partial charge in [-0.3, -0.25) is 0 Å². The Labute approximate surface area is 186 Å². The van der Waals surface area contributed by atoms with Gasteiger partial charge < -0.3 is 4.55 Å². The lowest BCUT2D eigenvalue weighted by atomic mass is 10.2. The summed E-state index contributed by atoms with van der Waals surface area (Å²) in [6, 6.07) is 37.7. The minimum absolute atomic E-state index is 0.0146. The molecule has 0 heterocycles. The van der Waals surface area contributed by atoms with Crippen molar-refractivity contribution in [2.24, 2.45) is 0 Å². The predicted molar refractivity (Wildman–Crippen MR) is 126 cm³/mol. The standard InChI is InChI=1S/C18H15S.C8H8O3S/c1-4-10-16(11-5-1)19(17-12-6-2-7-13-17)18-14-8-3-9-15-18;1-2-7-3-5-8(6-4-7)12(9,10)11/h1-15H;2-6H,1H2,(H,9,10,11)/q+1;/p-1. The highest BCUT2D eigenvalue weighted by atomic mass is 32.2. The Balaban J connectivity index is 0.000000196. The molecule has 0 fully saturated rings. The van der Waals surface area contributed by atoms with Crippen LogP contribution in [0.3, 0.4) is 0 Å². The van der Waals surface area contributed by atoms with Crippen LogP contribution >= 0.6 is 0 Å². The van der Waals surface area contributed by atoms with Crippen molar-refractivity contribution in [3.05, 3.63) is 127 Å². The van der Waals surface area contributed by atoms with Crippen LogP contribution in [0.1, 0.15) is 5.56 Å². The van der Waals surface area contributed by atoms with Gasteiger partial charge in [0, 0.05) is 0 Å². The largest absolute Gasteiger partial charge is 0.744 e. The van der Waals surface area contributed by atoms with Gasteiger partial charge in [-0.2, -0.15) is 0 Å². The second-order valence-electron chi connectivity index (χ2n) is 6.47. The molecule has 0 aromatic heterocycles. The van der Waals surface area contributed by atoms with Gasteiger partial charge in [0.05, 0.1) is 15.8 Å². The zero-order chi connectivity index (χ0) is 22.1. The smallest absolute Gasteiger partial charge is 0.166 e. The molecule has 0 unspecified atom stereocenters. The monoisotopic (exact) mass is 446 g/mol. The third-order valence-electron chi connectivity index (χ3n) is 4.34. The van der Waals surface area contributed by atoms with Crippen LogP contribution in [0.25, 0.3) is 6.08 Å². The van der Waals surface area contributed by atoms with E-state index in [4.69, 9.17) is 0 Å². The van der Waals surface area contributed by atoms with Gasteiger partial charge in [0.25, 0.3) is 0 Å². The third-order valence-corrected chi connectivity index (χ3v) is 7.42. The molecule has 0 saturated carbocycles.